The maximum atomic E-state index is 12.2. The van der Waals surface area contributed by atoms with E-state index in [9.17, 15) is 4.79 Å². The number of likely N-dealkylation sites (N-methyl/N-ethyl adjacent to an activating group) is 1. The van der Waals surface area contributed by atoms with Crippen LogP contribution in [0, 0.1) is 0 Å². The van der Waals surface area contributed by atoms with Gasteiger partial charge in [-0.1, -0.05) is 12.1 Å². The second kappa shape index (κ2) is 8.31. The molecule has 0 unspecified atom stereocenters. The van der Waals surface area contributed by atoms with Gasteiger partial charge < -0.3 is 19.7 Å². The number of rotatable bonds is 6. The maximum absolute atomic E-state index is 12.2. The summed E-state index contributed by atoms with van der Waals surface area (Å²) in [5.41, 5.74) is 1.01. The van der Waals surface area contributed by atoms with Crippen molar-refractivity contribution in [3.63, 3.8) is 0 Å². The lowest BCUT2D eigenvalue weighted by Crippen LogP contribution is -2.40. The van der Waals surface area contributed by atoms with Crippen LogP contribution in [0.2, 0.25) is 0 Å². The van der Waals surface area contributed by atoms with Gasteiger partial charge in [0.05, 0.1) is 19.8 Å². The fraction of sp³-hybridized carbons (Fsp3) is 0.444. The van der Waals surface area contributed by atoms with Crippen LogP contribution in [0.4, 0.5) is 4.79 Å². The van der Waals surface area contributed by atoms with Gasteiger partial charge in [0.15, 0.2) is 0 Å². The van der Waals surface area contributed by atoms with Gasteiger partial charge in [-0.3, -0.25) is 0 Å². The minimum absolute atomic E-state index is 0.0909. The molecule has 3 rings (SSSR count). The summed E-state index contributed by atoms with van der Waals surface area (Å²) < 4.78 is 10.8. The highest BCUT2D eigenvalue weighted by molar-refractivity contribution is 7.15. The van der Waals surface area contributed by atoms with Crippen LogP contribution in [0.1, 0.15) is 17.7 Å². The van der Waals surface area contributed by atoms with Gasteiger partial charge >= 0.3 is 6.03 Å². The zero-order chi connectivity index (χ0) is 17.6. The van der Waals surface area contributed by atoms with Gasteiger partial charge in [-0.05, 0) is 25.0 Å². The number of benzene rings is 1. The quantitative estimate of drug-likeness (QED) is 0.858. The lowest BCUT2D eigenvalue weighted by Gasteiger charge is -2.21. The summed E-state index contributed by atoms with van der Waals surface area (Å²) in [6.07, 6.45) is 4.07. The summed E-state index contributed by atoms with van der Waals surface area (Å²) in [5.74, 6) is 0.804. The standard InChI is InChI=1S/C18H23N3O3S/c1-21(12-15-7-4-8-24-15)18(22)20-11-16-10-19-17(25-16)13-5-3-6-14(9-13)23-2/h3,5-6,9-10,15H,4,7-8,11-12H2,1-2H3,(H,20,22)/t15-/m1/s1. The Bertz CT molecular complexity index is 713. The predicted molar refractivity (Wildman–Crippen MR) is 97.9 cm³/mol. The summed E-state index contributed by atoms with van der Waals surface area (Å²) in [7, 11) is 3.44. The van der Waals surface area contributed by atoms with Crippen LogP contribution in [0.5, 0.6) is 5.75 Å². The zero-order valence-electron chi connectivity index (χ0n) is 14.5. The largest absolute Gasteiger partial charge is 0.497 e. The second-order valence-electron chi connectivity index (χ2n) is 6.04. The monoisotopic (exact) mass is 361 g/mol. The van der Waals surface area contributed by atoms with Crippen molar-refractivity contribution < 1.29 is 14.3 Å². The molecule has 1 saturated heterocycles. The van der Waals surface area contributed by atoms with Gasteiger partial charge in [0.1, 0.15) is 10.8 Å². The van der Waals surface area contributed by atoms with Gasteiger partial charge in [0, 0.05) is 36.8 Å². The van der Waals surface area contributed by atoms with Crippen molar-refractivity contribution in [3.8, 4) is 16.3 Å². The molecule has 0 aliphatic carbocycles. The molecule has 2 amide bonds. The topological polar surface area (TPSA) is 63.7 Å². The SMILES string of the molecule is COc1cccc(-c2ncc(CNC(=O)N(C)C[C@H]3CCCO3)s2)c1. The number of methoxy groups -OCH3 is 1. The number of carbonyl (C=O) groups is 1. The minimum atomic E-state index is -0.0909. The normalized spacial score (nSPS) is 16.6. The average Bonchev–Trinajstić information content (AvgIpc) is 3.31. The molecule has 1 fully saturated rings. The fourth-order valence-electron chi connectivity index (χ4n) is 2.75. The maximum Gasteiger partial charge on any atom is 0.317 e. The first kappa shape index (κ1) is 17.7. The molecule has 1 N–H and O–H groups in total. The van der Waals surface area contributed by atoms with E-state index in [-0.39, 0.29) is 12.1 Å². The van der Waals surface area contributed by atoms with Crippen LogP contribution < -0.4 is 10.1 Å². The summed E-state index contributed by atoms with van der Waals surface area (Å²) in [4.78, 5) is 19.3. The van der Waals surface area contributed by atoms with Gasteiger partial charge in [-0.25, -0.2) is 9.78 Å². The Hall–Kier alpha value is -2.12. The Morgan fingerprint density at radius 2 is 2.40 bits per heavy atom. The smallest absolute Gasteiger partial charge is 0.317 e. The third kappa shape index (κ3) is 4.70. The lowest BCUT2D eigenvalue weighted by molar-refractivity contribution is 0.0874. The molecule has 2 aromatic rings. The van der Waals surface area contributed by atoms with E-state index in [1.165, 1.54) is 0 Å². The van der Waals surface area contributed by atoms with Gasteiger partial charge in [0.25, 0.3) is 0 Å². The van der Waals surface area contributed by atoms with Crippen molar-refractivity contribution in [2.24, 2.45) is 0 Å². The highest BCUT2D eigenvalue weighted by atomic mass is 32.1. The molecule has 6 nitrogen and oxygen atoms in total. The van der Waals surface area contributed by atoms with E-state index in [0.717, 1.165) is 40.6 Å². The van der Waals surface area contributed by atoms with Crippen molar-refractivity contribution in [2.45, 2.75) is 25.5 Å². The number of hydrogen-bond acceptors (Lipinski definition) is 5. The third-order valence-corrected chi connectivity index (χ3v) is 5.18. The third-order valence-electron chi connectivity index (χ3n) is 4.13. The molecule has 1 aliphatic rings. The highest BCUT2D eigenvalue weighted by Crippen LogP contribution is 2.27. The Kier molecular flexibility index (Phi) is 5.88. The van der Waals surface area contributed by atoms with E-state index >= 15 is 0 Å². The van der Waals surface area contributed by atoms with Crippen LogP contribution in [-0.2, 0) is 11.3 Å². The Morgan fingerprint density at radius 3 is 3.16 bits per heavy atom. The Labute approximate surface area is 151 Å². The molecule has 0 saturated carbocycles. The van der Waals surface area contributed by atoms with Gasteiger partial charge in [-0.2, -0.15) is 0 Å². The number of aromatic nitrogens is 1. The van der Waals surface area contributed by atoms with Crippen LogP contribution in [-0.4, -0.2) is 49.3 Å². The molecule has 1 atom stereocenters. The zero-order valence-corrected chi connectivity index (χ0v) is 15.3. The molecule has 0 bridgehead atoms. The highest BCUT2D eigenvalue weighted by Gasteiger charge is 2.20. The number of nitrogens with zero attached hydrogens (tertiary/aromatic N) is 2. The summed E-state index contributed by atoms with van der Waals surface area (Å²) in [5, 5.41) is 3.85. The van der Waals surface area contributed by atoms with E-state index in [1.807, 2.05) is 24.3 Å². The van der Waals surface area contributed by atoms with E-state index < -0.39 is 0 Å². The average molecular weight is 361 g/mol. The van der Waals surface area contributed by atoms with Crippen LogP contribution >= 0.6 is 11.3 Å². The van der Waals surface area contributed by atoms with Gasteiger partial charge in [-0.15, -0.1) is 11.3 Å². The first-order chi connectivity index (χ1) is 12.2. The molecular weight excluding hydrogens is 338 g/mol. The summed E-state index contributed by atoms with van der Waals surface area (Å²) in [6, 6.07) is 7.71. The molecule has 7 heteroatoms. The number of carbonyl (C=O) groups excluding carboxylic acids is 1. The minimum Gasteiger partial charge on any atom is -0.497 e. The van der Waals surface area contributed by atoms with Crippen LogP contribution in [0.15, 0.2) is 30.5 Å². The fourth-order valence-corrected chi connectivity index (χ4v) is 3.60. The van der Waals surface area contributed by atoms with Crippen molar-refractivity contribution in [2.75, 3.05) is 27.3 Å². The number of urea groups is 1. The lowest BCUT2D eigenvalue weighted by atomic mass is 10.2. The van der Waals surface area contributed by atoms with Gasteiger partial charge in [0.2, 0.25) is 0 Å². The molecule has 1 aromatic carbocycles. The summed E-state index contributed by atoms with van der Waals surface area (Å²) in [6.45, 7) is 1.90. The number of hydrogen-bond donors (Lipinski definition) is 1. The predicted octanol–water partition coefficient (Wildman–Crippen LogP) is 3.14. The first-order valence-electron chi connectivity index (χ1n) is 8.35. The van der Waals surface area contributed by atoms with E-state index in [4.69, 9.17) is 9.47 Å². The van der Waals surface area contributed by atoms with E-state index in [1.54, 1.807) is 36.6 Å². The molecule has 0 radical (unpaired) electrons. The molecule has 1 aliphatic heterocycles. The molecule has 25 heavy (non-hydrogen) atoms. The van der Waals surface area contributed by atoms with Crippen molar-refractivity contribution >= 4 is 17.4 Å². The van der Waals surface area contributed by atoms with Crippen molar-refractivity contribution in [1.29, 1.82) is 0 Å². The van der Waals surface area contributed by atoms with E-state index in [0.29, 0.717) is 13.1 Å². The molecule has 0 spiro atoms. The molecule has 134 valence electrons. The van der Waals surface area contributed by atoms with Crippen molar-refractivity contribution in [3.05, 3.63) is 35.3 Å². The Balaban J connectivity index is 1.53. The first-order valence-corrected chi connectivity index (χ1v) is 9.17. The number of amides is 2. The van der Waals surface area contributed by atoms with Crippen molar-refractivity contribution in [1.82, 2.24) is 15.2 Å². The summed E-state index contributed by atoms with van der Waals surface area (Å²) >= 11 is 1.57. The molecule has 2 heterocycles. The molecular formula is C18H23N3O3S. The van der Waals surface area contributed by atoms with Crippen LogP contribution in [0.25, 0.3) is 10.6 Å². The number of ether oxygens (including phenoxy) is 2. The van der Waals surface area contributed by atoms with Crippen LogP contribution in [0.3, 0.4) is 0 Å². The van der Waals surface area contributed by atoms with E-state index in [2.05, 4.69) is 10.3 Å². The number of nitrogens with one attached hydrogen (secondary N) is 1. The molecule has 1 aromatic heterocycles. The second-order valence-corrected chi connectivity index (χ2v) is 7.15. The number of thiazole rings is 1. The Morgan fingerprint density at radius 1 is 1.52 bits per heavy atom.